The summed E-state index contributed by atoms with van der Waals surface area (Å²) in [7, 11) is 0. The molecular weight excluding hydrogens is 728 g/mol. The van der Waals surface area contributed by atoms with Crippen LogP contribution in [-0.4, -0.2) is 228 Å². The van der Waals surface area contributed by atoms with Gasteiger partial charge in [0, 0.05) is 0 Å². The summed E-state index contributed by atoms with van der Waals surface area (Å²) in [6.45, 7) is 12.2. The molecule has 0 radical (unpaired) electrons. The fraction of sp³-hybridized carbons (Fsp3) is 1.00. The third kappa shape index (κ3) is 104. The maximum Gasteiger partial charge on any atom is 2.00 e. The fourth-order valence-electron chi connectivity index (χ4n) is 2.20. The van der Waals surface area contributed by atoms with Crippen molar-refractivity contribution in [3.8, 4) is 0 Å². The van der Waals surface area contributed by atoms with E-state index < -0.39 is 20.3 Å². The van der Waals surface area contributed by atoms with E-state index in [9.17, 15) is 0 Å². The Morgan fingerprint density at radius 1 is 0.229 bits per heavy atom. The molecule has 0 amide bonds. The predicted octanol–water partition coefficient (Wildman–Crippen LogP) is -1.55. The van der Waals surface area contributed by atoms with Crippen molar-refractivity contribution >= 4 is 75.5 Å². The van der Waals surface area contributed by atoms with Gasteiger partial charge in [-0.15, -0.1) is 0 Å². The van der Waals surface area contributed by atoms with E-state index in [4.69, 9.17) is 109 Å². The van der Waals surface area contributed by atoms with Crippen molar-refractivity contribution in [3.05, 3.63) is 61.3 Å². The molecule has 0 unspecified atom stereocenters. The molecule has 2 aliphatic rings. The maximum atomic E-state index is 8.25. The fourth-order valence-corrected chi connectivity index (χ4v) is 2.20. The SMILES string of the molecule is C1COCCOCCOCCOCCO1.C1COCCOCCOCCOCCO1.O=[N+]([O-])[O-].O=[N+]([O-])[O-].O=[N+]([O-])[O-].O=[N+]([O-])[O-].[Ca+2].[Ca+2]. The largest absolute Gasteiger partial charge is 2.00 e. The minimum atomic E-state index is -1.75. The molecular formula is C20H40Ca2N4O22. The van der Waals surface area contributed by atoms with Gasteiger partial charge in [0.2, 0.25) is 0 Å². The molecule has 0 spiro atoms. The Balaban J connectivity index is -0.000000124. The second-order valence-corrected chi connectivity index (χ2v) is 7.02. The van der Waals surface area contributed by atoms with Gasteiger partial charge in [-0.3, -0.25) is 0 Å². The van der Waals surface area contributed by atoms with Crippen molar-refractivity contribution in [1.82, 2.24) is 0 Å². The van der Waals surface area contributed by atoms with Gasteiger partial charge < -0.3 is 109 Å². The minimum Gasteiger partial charge on any atom is -0.377 e. The Kier molecular flexibility index (Phi) is 68.1. The average molecular weight is 769 g/mol. The van der Waals surface area contributed by atoms with Crippen molar-refractivity contribution < 1.29 is 67.7 Å². The third-order valence-corrected chi connectivity index (χ3v) is 3.72. The summed E-state index contributed by atoms with van der Waals surface area (Å²) >= 11 is 0. The van der Waals surface area contributed by atoms with Crippen molar-refractivity contribution in [1.29, 1.82) is 0 Å². The summed E-state index contributed by atoms with van der Waals surface area (Å²) in [4.78, 5) is 33.0. The molecule has 0 atom stereocenters. The number of nitrogens with zero attached hydrogens (tertiary/aromatic N) is 4. The van der Waals surface area contributed by atoms with E-state index in [1.165, 1.54) is 0 Å². The van der Waals surface area contributed by atoms with Crippen LogP contribution in [0.15, 0.2) is 0 Å². The van der Waals surface area contributed by atoms with Gasteiger partial charge in [0.1, 0.15) is 0 Å². The number of hydrogen-bond donors (Lipinski definition) is 0. The summed E-state index contributed by atoms with van der Waals surface area (Å²) in [6.07, 6.45) is 0. The van der Waals surface area contributed by atoms with Gasteiger partial charge >= 0.3 is 75.5 Å². The van der Waals surface area contributed by atoms with E-state index in [0.29, 0.717) is 132 Å². The van der Waals surface area contributed by atoms with E-state index in [1.807, 2.05) is 0 Å². The van der Waals surface area contributed by atoms with Gasteiger partial charge in [-0.1, -0.05) is 0 Å². The van der Waals surface area contributed by atoms with Crippen LogP contribution in [0.2, 0.25) is 0 Å². The molecule has 26 nitrogen and oxygen atoms in total. The van der Waals surface area contributed by atoms with Crippen LogP contribution in [0, 0.1) is 61.3 Å². The number of hydrogen-bond acceptors (Lipinski definition) is 22. The molecule has 2 fully saturated rings. The second-order valence-electron chi connectivity index (χ2n) is 7.02. The quantitative estimate of drug-likeness (QED) is 0.153. The molecule has 2 aliphatic heterocycles. The van der Waals surface area contributed by atoms with Crippen LogP contribution in [-0.2, 0) is 47.4 Å². The van der Waals surface area contributed by atoms with Crippen LogP contribution in [0.4, 0.5) is 0 Å². The van der Waals surface area contributed by atoms with Gasteiger partial charge in [-0.25, -0.2) is 0 Å². The smallest absolute Gasteiger partial charge is 0.377 e. The summed E-state index contributed by atoms with van der Waals surface area (Å²) in [5.41, 5.74) is 0. The molecule has 28 heteroatoms. The van der Waals surface area contributed by atoms with Gasteiger partial charge in [0.25, 0.3) is 0 Å². The molecule has 2 heterocycles. The Morgan fingerprint density at radius 3 is 0.312 bits per heavy atom. The summed E-state index contributed by atoms with van der Waals surface area (Å²) in [5.74, 6) is 0. The van der Waals surface area contributed by atoms with Crippen molar-refractivity contribution in [3.63, 3.8) is 0 Å². The first-order valence-electron chi connectivity index (χ1n) is 13.0. The molecule has 2 saturated heterocycles. The molecule has 0 N–H and O–H groups in total. The number of rotatable bonds is 0. The first kappa shape index (κ1) is 59.1. The minimum absolute atomic E-state index is 0. The molecule has 0 bridgehead atoms. The third-order valence-electron chi connectivity index (χ3n) is 3.72. The first-order chi connectivity index (χ1) is 21.9. The summed E-state index contributed by atoms with van der Waals surface area (Å²) in [6, 6.07) is 0. The standard InChI is InChI=1S/2C10H20O5.2Ca.4NO3/c2*1-2-12-5-6-14-9-10-15-8-7-13-4-3-11-1;;;4*2-1(3)4/h2*1-10H2;;;;;;/q;;2*+2;4*-1. The number of ether oxygens (including phenoxy) is 10. The van der Waals surface area contributed by atoms with E-state index in [2.05, 4.69) is 0 Å². The summed E-state index contributed by atoms with van der Waals surface area (Å²) < 4.78 is 52.8. The summed E-state index contributed by atoms with van der Waals surface area (Å²) in [5, 5.41) is 59.0. The van der Waals surface area contributed by atoms with Gasteiger partial charge in [0.15, 0.2) is 0 Å². The van der Waals surface area contributed by atoms with E-state index >= 15 is 0 Å². The van der Waals surface area contributed by atoms with Crippen LogP contribution >= 0.6 is 0 Å². The van der Waals surface area contributed by atoms with E-state index in [0.717, 1.165) is 0 Å². The average Bonchev–Trinajstić information content (AvgIpc) is 2.96. The monoisotopic (exact) mass is 768 g/mol. The van der Waals surface area contributed by atoms with Crippen molar-refractivity contribution in [2.75, 3.05) is 132 Å². The molecule has 48 heavy (non-hydrogen) atoms. The molecule has 0 saturated carbocycles. The zero-order valence-corrected chi connectivity index (χ0v) is 30.7. The van der Waals surface area contributed by atoms with Gasteiger partial charge in [-0.05, 0) is 0 Å². The topological polar surface area (TPSA) is 357 Å². The van der Waals surface area contributed by atoms with Crippen molar-refractivity contribution in [2.45, 2.75) is 0 Å². The zero-order chi connectivity index (χ0) is 35.5. The van der Waals surface area contributed by atoms with Crippen LogP contribution in [0.1, 0.15) is 0 Å². The maximum absolute atomic E-state index is 8.25. The van der Waals surface area contributed by atoms with Crippen LogP contribution in [0.25, 0.3) is 0 Å². The molecule has 0 aromatic carbocycles. The first-order valence-corrected chi connectivity index (χ1v) is 13.0. The molecule has 0 aliphatic carbocycles. The predicted molar refractivity (Wildman–Crippen MR) is 161 cm³/mol. The second kappa shape index (κ2) is 55.3. The zero-order valence-electron chi connectivity index (χ0n) is 26.3. The molecule has 2 rings (SSSR count). The normalized spacial score (nSPS) is 17.0. The van der Waals surface area contributed by atoms with Gasteiger partial charge in [0.05, 0.1) is 152 Å². The Labute approximate surface area is 334 Å². The van der Waals surface area contributed by atoms with Crippen LogP contribution < -0.4 is 0 Å². The Bertz CT molecular complexity index is 468. The van der Waals surface area contributed by atoms with Crippen LogP contribution in [0.3, 0.4) is 0 Å². The van der Waals surface area contributed by atoms with E-state index in [-0.39, 0.29) is 75.5 Å². The Morgan fingerprint density at radius 2 is 0.271 bits per heavy atom. The molecule has 276 valence electrons. The molecule has 0 aromatic heterocycles. The molecule has 0 aromatic rings. The van der Waals surface area contributed by atoms with Gasteiger partial charge in [-0.2, -0.15) is 0 Å². The van der Waals surface area contributed by atoms with Crippen LogP contribution in [0.5, 0.6) is 0 Å². The Hall–Kier alpha value is -1.08. The van der Waals surface area contributed by atoms with Crippen molar-refractivity contribution in [2.24, 2.45) is 0 Å². The van der Waals surface area contributed by atoms with E-state index in [1.54, 1.807) is 0 Å².